The SMILES string of the molecule is CC(=O)c1ccc2cc(N(C)CC(=O)N(CCCN)Cc3ccc(F)c(F)c3)ccc2c1. The van der Waals surface area contributed by atoms with Gasteiger partial charge in [-0.2, -0.15) is 0 Å². The molecule has 0 fully saturated rings. The highest BCUT2D eigenvalue weighted by molar-refractivity contribution is 5.99. The Morgan fingerprint density at radius 3 is 2.34 bits per heavy atom. The van der Waals surface area contributed by atoms with Gasteiger partial charge >= 0.3 is 0 Å². The molecule has 168 valence electrons. The van der Waals surface area contributed by atoms with Crippen LogP contribution in [0.3, 0.4) is 0 Å². The van der Waals surface area contributed by atoms with E-state index in [0.29, 0.717) is 30.6 Å². The van der Waals surface area contributed by atoms with Crippen molar-refractivity contribution in [3.63, 3.8) is 0 Å². The quantitative estimate of drug-likeness (QED) is 0.509. The summed E-state index contributed by atoms with van der Waals surface area (Å²) in [5.74, 6) is -1.98. The van der Waals surface area contributed by atoms with E-state index in [2.05, 4.69) is 0 Å². The van der Waals surface area contributed by atoms with Crippen LogP contribution in [-0.2, 0) is 11.3 Å². The number of rotatable bonds is 9. The van der Waals surface area contributed by atoms with Crippen LogP contribution in [0.5, 0.6) is 0 Å². The molecule has 0 aliphatic rings. The van der Waals surface area contributed by atoms with Crippen molar-refractivity contribution in [2.75, 3.05) is 31.6 Å². The molecule has 3 aromatic carbocycles. The summed E-state index contributed by atoms with van der Waals surface area (Å²) in [4.78, 5) is 28.0. The van der Waals surface area contributed by atoms with Gasteiger partial charge in [0.1, 0.15) is 0 Å². The number of anilines is 1. The largest absolute Gasteiger partial charge is 0.365 e. The van der Waals surface area contributed by atoms with Crippen molar-refractivity contribution >= 4 is 28.2 Å². The second kappa shape index (κ2) is 10.3. The summed E-state index contributed by atoms with van der Waals surface area (Å²) in [5.41, 5.74) is 7.64. The standard InChI is InChI=1S/C25H27F2N3O2/c1-17(31)19-5-6-21-14-22(8-7-20(21)13-19)29(2)16-25(32)30(11-3-10-28)15-18-4-9-23(26)24(27)12-18/h4-9,12-14H,3,10-11,15-16,28H2,1-2H3. The van der Waals surface area contributed by atoms with Crippen LogP contribution in [0.25, 0.3) is 10.8 Å². The maximum absolute atomic E-state index is 13.6. The fourth-order valence-electron chi connectivity index (χ4n) is 3.52. The minimum Gasteiger partial charge on any atom is -0.365 e. The number of hydrogen-bond acceptors (Lipinski definition) is 4. The number of nitrogens with two attached hydrogens (primary N) is 1. The van der Waals surface area contributed by atoms with Gasteiger partial charge in [0.15, 0.2) is 17.4 Å². The Hall–Kier alpha value is -3.32. The van der Waals surface area contributed by atoms with Crippen LogP contribution in [0.4, 0.5) is 14.5 Å². The number of fused-ring (bicyclic) bond motifs is 1. The molecule has 0 heterocycles. The van der Waals surface area contributed by atoms with Crippen LogP contribution >= 0.6 is 0 Å². The van der Waals surface area contributed by atoms with Gasteiger partial charge < -0.3 is 15.5 Å². The second-order valence-electron chi connectivity index (χ2n) is 7.86. The number of amides is 1. The number of ketones is 1. The van der Waals surface area contributed by atoms with E-state index in [1.807, 2.05) is 42.3 Å². The molecule has 0 spiro atoms. The van der Waals surface area contributed by atoms with E-state index in [1.165, 1.54) is 13.0 Å². The van der Waals surface area contributed by atoms with Crippen LogP contribution in [0, 0.1) is 11.6 Å². The summed E-state index contributed by atoms with van der Waals surface area (Å²) in [6.45, 7) is 2.67. The molecule has 7 heteroatoms. The minimum atomic E-state index is -0.935. The van der Waals surface area contributed by atoms with E-state index >= 15 is 0 Å². The van der Waals surface area contributed by atoms with E-state index in [1.54, 1.807) is 11.0 Å². The lowest BCUT2D eigenvalue weighted by atomic mass is 10.0. The van der Waals surface area contributed by atoms with Crippen LogP contribution in [0.15, 0.2) is 54.6 Å². The summed E-state index contributed by atoms with van der Waals surface area (Å²) in [6.07, 6.45) is 0.605. The second-order valence-corrected chi connectivity index (χ2v) is 7.86. The fraction of sp³-hybridized carbons (Fsp3) is 0.280. The molecule has 0 aliphatic heterocycles. The Balaban J connectivity index is 1.74. The van der Waals surface area contributed by atoms with Gasteiger partial charge in [-0.15, -0.1) is 0 Å². The molecule has 32 heavy (non-hydrogen) atoms. The van der Waals surface area contributed by atoms with Gasteiger partial charge in [0.2, 0.25) is 5.91 Å². The van der Waals surface area contributed by atoms with Gasteiger partial charge in [0.05, 0.1) is 6.54 Å². The number of carbonyl (C=O) groups excluding carboxylic acids is 2. The highest BCUT2D eigenvalue weighted by atomic mass is 19.2. The molecule has 0 saturated carbocycles. The lowest BCUT2D eigenvalue weighted by Gasteiger charge is -2.27. The Bertz CT molecular complexity index is 1130. The first kappa shape index (κ1) is 23.3. The number of carbonyl (C=O) groups is 2. The summed E-state index contributed by atoms with van der Waals surface area (Å²) in [5, 5.41) is 1.91. The molecular formula is C25H27F2N3O2. The zero-order valence-corrected chi connectivity index (χ0v) is 18.3. The van der Waals surface area contributed by atoms with Crippen molar-refractivity contribution in [2.45, 2.75) is 19.9 Å². The minimum absolute atomic E-state index is 0.0114. The van der Waals surface area contributed by atoms with E-state index in [-0.39, 0.29) is 24.8 Å². The maximum Gasteiger partial charge on any atom is 0.242 e. The third-order valence-electron chi connectivity index (χ3n) is 5.39. The summed E-state index contributed by atoms with van der Waals surface area (Å²) in [6, 6.07) is 15.0. The molecular weight excluding hydrogens is 412 g/mol. The van der Waals surface area contributed by atoms with Gasteiger partial charge in [-0.3, -0.25) is 9.59 Å². The van der Waals surface area contributed by atoms with Crippen molar-refractivity contribution in [3.05, 3.63) is 77.4 Å². The van der Waals surface area contributed by atoms with Gasteiger partial charge in [-0.05, 0) is 66.6 Å². The lowest BCUT2D eigenvalue weighted by molar-refractivity contribution is -0.130. The van der Waals surface area contributed by atoms with Crippen molar-refractivity contribution in [3.8, 4) is 0 Å². The van der Waals surface area contributed by atoms with Crippen LogP contribution in [0.2, 0.25) is 0 Å². The summed E-state index contributed by atoms with van der Waals surface area (Å²) >= 11 is 0. The van der Waals surface area contributed by atoms with Gasteiger partial charge in [-0.1, -0.05) is 24.3 Å². The lowest BCUT2D eigenvalue weighted by Crippen LogP contribution is -2.39. The van der Waals surface area contributed by atoms with Gasteiger partial charge in [0, 0.05) is 31.4 Å². The molecule has 5 nitrogen and oxygen atoms in total. The molecule has 0 saturated heterocycles. The molecule has 3 rings (SSSR count). The van der Waals surface area contributed by atoms with Gasteiger partial charge in [0.25, 0.3) is 0 Å². The molecule has 0 unspecified atom stereocenters. The topological polar surface area (TPSA) is 66.6 Å². The number of Topliss-reactive ketones (excluding diaryl/α,β-unsaturated/α-hetero) is 1. The number of likely N-dealkylation sites (N-methyl/N-ethyl adjacent to an activating group) is 1. The van der Waals surface area contributed by atoms with Crippen molar-refractivity contribution in [1.29, 1.82) is 0 Å². The molecule has 0 atom stereocenters. The number of nitrogens with zero attached hydrogens (tertiary/aromatic N) is 2. The molecule has 3 aromatic rings. The Kier molecular flexibility index (Phi) is 7.53. The number of hydrogen-bond donors (Lipinski definition) is 1. The molecule has 0 aromatic heterocycles. The summed E-state index contributed by atoms with van der Waals surface area (Å²) < 4.78 is 26.8. The Morgan fingerprint density at radius 2 is 1.66 bits per heavy atom. The third-order valence-corrected chi connectivity index (χ3v) is 5.39. The normalized spacial score (nSPS) is 10.9. The molecule has 1 amide bonds. The Labute approximate surface area is 186 Å². The predicted octanol–water partition coefficient (Wildman–Crippen LogP) is 4.13. The number of halogens is 2. The molecule has 0 bridgehead atoms. The fourth-order valence-corrected chi connectivity index (χ4v) is 3.52. The maximum atomic E-state index is 13.6. The highest BCUT2D eigenvalue weighted by Crippen LogP contribution is 2.23. The van der Waals surface area contributed by atoms with E-state index < -0.39 is 11.6 Å². The van der Waals surface area contributed by atoms with E-state index in [4.69, 9.17) is 5.73 Å². The summed E-state index contributed by atoms with van der Waals surface area (Å²) in [7, 11) is 1.82. The van der Waals surface area contributed by atoms with E-state index in [0.717, 1.165) is 28.6 Å². The van der Waals surface area contributed by atoms with E-state index in [9.17, 15) is 18.4 Å². The zero-order valence-electron chi connectivity index (χ0n) is 18.3. The van der Waals surface area contributed by atoms with Crippen molar-refractivity contribution < 1.29 is 18.4 Å². The van der Waals surface area contributed by atoms with Crippen molar-refractivity contribution in [2.24, 2.45) is 5.73 Å². The van der Waals surface area contributed by atoms with Gasteiger partial charge in [-0.25, -0.2) is 8.78 Å². The average Bonchev–Trinajstić information content (AvgIpc) is 2.78. The first-order valence-electron chi connectivity index (χ1n) is 10.5. The third kappa shape index (κ3) is 5.68. The Morgan fingerprint density at radius 1 is 0.938 bits per heavy atom. The molecule has 0 aliphatic carbocycles. The molecule has 0 radical (unpaired) electrons. The first-order chi connectivity index (χ1) is 15.3. The monoisotopic (exact) mass is 439 g/mol. The average molecular weight is 440 g/mol. The smallest absolute Gasteiger partial charge is 0.242 e. The van der Waals surface area contributed by atoms with Crippen LogP contribution in [-0.4, -0.2) is 43.3 Å². The zero-order chi connectivity index (χ0) is 23.3. The predicted molar refractivity (Wildman–Crippen MR) is 123 cm³/mol. The first-order valence-corrected chi connectivity index (χ1v) is 10.5. The molecule has 2 N–H and O–H groups in total. The van der Waals surface area contributed by atoms with Crippen molar-refractivity contribution in [1.82, 2.24) is 4.90 Å². The van der Waals surface area contributed by atoms with Crippen LogP contribution in [0.1, 0.15) is 29.3 Å². The number of benzene rings is 3. The highest BCUT2D eigenvalue weighted by Gasteiger charge is 2.17. The van der Waals surface area contributed by atoms with Crippen LogP contribution < -0.4 is 10.6 Å².